The Labute approximate surface area is 162 Å². The van der Waals surface area contributed by atoms with Crippen LogP contribution in [0.1, 0.15) is 32.8 Å². The van der Waals surface area contributed by atoms with Crippen LogP contribution in [0.4, 0.5) is 13.2 Å². The molecule has 0 bridgehead atoms. The van der Waals surface area contributed by atoms with Gasteiger partial charge in [0, 0.05) is 24.2 Å². The SMILES string of the molecule is C[C@H]1CCN(C(=O)C(C)(C)O)C1Cc1cccc(-c2cc(F)cc(F)c2)c1F. The highest BCUT2D eigenvalue weighted by Gasteiger charge is 2.40. The van der Waals surface area contributed by atoms with Gasteiger partial charge in [0.15, 0.2) is 0 Å². The van der Waals surface area contributed by atoms with Crippen LogP contribution < -0.4 is 0 Å². The Balaban J connectivity index is 1.93. The van der Waals surface area contributed by atoms with E-state index in [4.69, 9.17) is 0 Å². The van der Waals surface area contributed by atoms with Gasteiger partial charge in [-0.05, 0) is 55.9 Å². The summed E-state index contributed by atoms with van der Waals surface area (Å²) in [6.45, 7) is 5.38. The molecule has 6 heteroatoms. The number of carbonyl (C=O) groups excluding carboxylic acids is 1. The Morgan fingerprint density at radius 2 is 1.82 bits per heavy atom. The molecule has 0 aromatic heterocycles. The second-order valence-corrected chi connectivity index (χ2v) is 8.03. The van der Waals surface area contributed by atoms with Crippen molar-refractivity contribution in [3.8, 4) is 11.1 Å². The number of hydrogen-bond donors (Lipinski definition) is 1. The fourth-order valence-corrected chi connectivity index (χ4v) is 3.82. The van der Waals surface area contributed by atoms with E-state index in [0.29, 0.717) is 12.1 Å². The van der Waals surface area contributed by atoms with E-state index in [1.54, 1.807) is 17.0 Å². The number of aliphatic hydroxyl groups is 1. The molecule has 1 unspecified atom stereocenters. The molecule has 2 aromatic carbocycles. The minimum atomic E-state index is -1.50. The third kappa shape index (κ3) is 4.07. The van der Waals surface area contributed by atoms with E-state index in [1.807, 2.05) is 6.92 Å². The van der Waals surface area contributed by atoms with Crippen molar-refractivity contribution in [1.82, 2.24) is 4.90 Å². The number of nitrogens with zero attached hydrogens (tertiary/aromatic N) is 1. The van der Waals surface area contributed by atoms with Gasteiger partial charge in [0.25, 0.3) is 5.91 Å². The molecule has 1 saturated heterocycles. The van der Waals surface area contributed by atoms with Gasteiger partial charge >= 0.3 is 0 Å². The smallest absolute Gasteiger partial charge is 0.254 e. The Morgan fingerprint density at radius 3 is 2.43 bits per heavy atom. The van der Waals surface area contributed by atoms with Crippen LogP contribution in [0.5, 0.6) is 0 Å². The van der Waals surface area contributed by atoms with Crippen molar-refractivity contribution in [3.05, 3.63) is 59.4 Å². The summed E-state index contributed by atoms with van der Waals surface area (Å²) in [5.41, 5.74) is -0.890. The van der Waals surface area contributed by atoms with E-state index in [2.05, 4.69) is 0 Å². The van der Waals surface area contributed by atoms with Crippen LogP contribution >= 0.6 is 0 Å². The molecule has 1 amide bonds. The van der Waals surface area contributed by atoms with Crippen LogP contribution in [-0.2, 0) is 11.2 Å². The normalized spacial score (nSPS) is 19.9. The lowest BCUT2D eigenvalue weighted by Gasteiger charge is -2.32. The first kappa shape index (κ1) is 20.4. The quantitative estimate of drug-likeness (QED) is 0.843. The molecule has 1 fully saturated rings. The van der Waals surface area contributed by atoms with Gasteiger partial charge in [-0.1, -0.05) is 25.1 Å². The highest BCUT2D eigenvalue weighted by atomic mass is 19.1. The predicted octanol–water partition coefficient (Wildman–Crippen LogP) is 4.32. The van der Waals surface area contributed by atoms with Crippen molar-refractivity contribution in [2.75, 3.05) is 6.54 Å². The molecule has 1 aliphatic rings. The predicted molar refractivity (Wildman–Crippen MR) is 101 cm³/mol. The van der Waals surface area contributed by atoms with Crippen molar-refractivity contribution in [2.24, 2.45) is 5.92 Å². The highest BCUT2D eigenvalue weighted by molar-refractivity contribution is 5.84. The highest BCUT2D eigenvalue weighted by Crippen LogP contribution is 2.32. The lowest BCUT2D eigenvalue weighted by molar-refractivity contribution is -0.149. The summed E-state index contributed by atoms with van der Waals surface area (Å²) in [6, 6.07) is 7.40. The molecule has 2 aromatic rings. The summed E-state index contributed by atoms with van der Waals surface area (Å²) in [7, 11) is 0. The van der Waals surface area contributed by atoms with Gasteiger partial charge in [-0.3, -0.25) is 4.79 Å². The maximum absolute atomic E-state index is 15.2. The van der Waals surface area contributed by atoms with Crippen LogP contribution in [0.3, 0.4) is 0 Å². The molecule has 3 nitrogen and oxygen atoms in total. The van der Waals surface area contributed by atoms with Gasteiger partial charge in [-0.2, -0.15) is 0 Å². The fourth-order valence-electron chi connectivity index (χ4n) is 3.82. The number of halogens is 3. The average molecular weight is 391 g/mol. The van der Waals surface area contributed by atoms with Crippen molar-refractivity contribution < 1.29 is 23.1 Å². The van der Waals surface area contributed by atoms with E-state index < -0.39 is 23.1 Å². The number of benzene rings is 2. The van der Waals surface area contributed by atoms with Crippen molar-refractivity contribution in [3.63, 3.8) is 0 Å². The third-order valence-corrected chi connectivity index (χ3v) is 5.35. The first-order valence-electron chi connectivity index (χ1n) is 9.35. The van der Waals surface area contributed by atoms with Crippen molar-refractivity contribution >= 4 is 5.91 Å². The summed E-state index contributed by atoms with van der Waals surface area (Å²) in [5, 5.41) is 10.1. The molecule has 28 heavy (non-hydrogen) atoms. The van der Waals surface area contributed by atoms with Gasteiger partial charge in [0.1, 0.15) is 23.1 Å². The molecule has 2 atom stereocenters. The largest absolute Gasteiger partial charge is 0.381 e. The first-order chi connectivity index (χ1) is 13.1. The summed E-state index contributed by atoms with van der Waals surface area (Å²) >= 11 is 0. The van der Waals surface area contributed by atoms with Crippen molar-refractivity contribution in [1.29, 1.82) is 0 Å². The van der Waals surface area contributed by atoms with Gasteiger partial charge in [0.05, 0.1) is 0 Å². The summed E-state index contributed by atoms with van der Waals surface area (Å²) in [5.74, 6) is -2.34. The zero-order valence-electron chi connectivity index (χ0n) is 16.2. The van der Waals surface area contributed by atoms with Crippen LogP contribution in [0.25, 0.3) is 11.1 Å². The van der Waals surface area contributed by atoms with Crippen molar-refractivity contribution in [2.45, 2.75) is 45.3 Å². The average Bonchev–Trinajstić information content (AvgIpc) is 2.95. The fraction of sp³-hybridized carbons (Fsp3) is 0.409. The lowest BCUT2D eigenvalue weighted by atomic mass is 9.92. The minimum absolute atomic E-state index is 0.113. The van der Waals surface area contributed by atoms with Gasteiger partial charge in [-0.15, -0.1) is 0 Å². The second kappa shape index (κ2) is 7.59. The molecule has 3 rings (SSSR count). The Bertz CT molecular complexity index is 872. The zero-order chi connectivity index (χ0) is 20.6. The molecule has 1 aliphatic heterocycles. The lowest BCUT2D eigenvalue weighted by Crippen LogP contribution is -2.48. The summed E-state index contributed by atoms with van der Waals surface area (Å²) in [6.07, 6.45) is 1.03. The molecular formula is C22H24F3NO2. The first-order valence-corrected chi connectivity index (χ1v) is 9.35. The monoisotopic (exact) mass is 391 g/mol. The molecule has 1 N–H and O–H groups in total. The molecule has 0 saturated carbocycles. The minimum Gasteiger partial charge on any atom is -0.381 e. The number of carbonyl (C=O) groups is 1. The Morgan fingerprint density at radius 1 is 1.18 bits per heavy atom. The molecule has 1 heterocycles. The number of likely N-dealkylation sites (tertiary alicyclic amines) is 1. The molecule has 0 spiro atoms. The van der Waals surface area contributed by atoms with E-state index in [-0.39, 0.29) is 35.4 Å². The van der Waals surface area contributed by atoms with Gasteiger partial charge in [0.2, 0.25) is 0 Å². The van der Waals surface area contributed by atoms with Crippen LogP contribution in [0, 0.1) is 23.4 Å². The third-order valence-electron chi connectivity index (χ3n) is 5.35. The van der Waals surface area contributed by atoms with E-state index >= 15 is 4.39 Å². The van der Waals surface area contributed by atoms with E-state index in [9.17, 15) is 18.7 Å². The van der Waals surface area contributed by atoms with Gasteiger partial charge in [-0.25, -0.2) is 13.2 Å². The summed E-state index contributed by atoms with van der Waals surface area (Å²) < 4.78 is 42.3. The van der Waals surface area contributed by atoms with Crippen LogP contribution in [-0.4, -0.2) is 34.1 Å². The topological polar surface area (TPSA) is 40.5 Å². The zero-order valence-corrected chi connectivity index (χ0v) is 16.2. The molecule has 0 aliphatic carbocycles. The number of amides is 1. The molecule has 150 valence electrons. The van der Waals surface area contributed by atoms with Crippen LogP contribution in [0.15, 0.2) is 36.4 Å². The maximum Gasteiger partial charge on any atom is 0.254 e. The Hall–Kier alpha value is -2.34. The van der Waals surface area contributed by atoms with E-state index in [1.165, 1.54) is 19.9 Å². The van der Waals surface area contributed by atoms with Crippen LogP contribution in [0.2, 0.25) is 0 Å². The standard InChI is InChI=1S/C22H24F3NO2/c1-13-7-8-26(21(27)22(2,3)28)19(13)11-14-5-4-6-18(20(14)25)15-9-16(23)12-17(24)10-15/h4-6,9-10,12-13,19,28H,7-8,11H2,1-3H3/t13-,19?/m0/s1. The summed E-state index contributed by atoms with van der Waals surface area (Å²) in [4.78, 5) is 14.2. The maximum atomic E-state index is 15.2. The van der Waals surface area contributed by atoms with Gasteiger partial charge < -0.3 is 10.0 Å². The molecular weight excluding hydrogens is 367 g/mol. The van der Waals surface area contributed by atoms with E-state index in [0.717, 1.165) is 24.6 Å². The number of hydrogen-bond acceptors (Lipinski definition) is 2. The second-order valence-electron chi connectivity index (χ2n) is 8.03. The molecule has 0 radical (unpaired) electrons. The number of rotatable bonds is 4. The Kier molecular flexibility index (Phi) is 5.53.